The van der Waals surface area contributed by atoms with Crippen LogP contribution in [-0.2, 0) is 0 Å². The SMILES string of the molecule is CNC(C)c1ccnc(Oc2cc(Br)c(OC)cc2Br)c1. The van der Waals surface area contributed by atoms with Gasteiger partial charge in [0, 0.05) is 18.3 Å². The lowest BCUT2D eigenvalue weighted by atomic mass is 10.1. The van der Waals surface area contributed by atoms with Crippen molar-refractivity contribution in [2.24, 2.45) is 0 Å². The lowest BCUT2D eigenvalue weighted by Gasteiger charge is -2.13. The predicted molar refractivity (Wildman–Crippen MR) is 90.2 cm³/mol. The molecule has 1 unspecified atom stereocenters. The Kier molecular flexibility index (Phi) is 5.61. The van der Waals surface area contributed by atoms with Crippen LogP contribution >= 0.6 is 31.9 Å². The minimum absolute atomic E-state index is 0.237. The summed E-state index contributed by atoms with van der Waals surface area (Å²) >= 11 is 6.92. The van der Waals surface area contributed by atoms with E-state index in [1.807, 2.05) is 31.3 Å². The molecular formula is C15H16Br2N2O2. The Morgan fingerprint density at radius 1 is 1.14 bits per heavy atom. The number of ether oxygens (including phenoxy) is 2. The van der Waals surface area contributed by atoms with Gasteiger partial charge >= 0.3 is 0 Å². The molecule has 0 aliphatic heterocycles. The molecule has 0 fully saturated rings. The Balaban J connectivity index is 2.28. The van der Waals surface area contributed by atoms with E-state index in [2.05, 4.69) is 49.1 Å². The van der Waals surface area contributed by atoms with Crippen molar-refractivity contribution in [1.82, 2.24) is 10.3 Å². The summed E-state index contributed by atoms with van der Waals surface area (Å²) in [6.07, 6.45) is 1.74. The van der Waals surface area contributed by atoms with Gasteiger partial charge in [0.25, 0.3) is 0 Å². The van der Waals surface area contributed by atoms with Crippen LogP contribution in [0, 0.1) is 0 Å². The van der Waals surface area contributed by atoms with Crippen molar-refractivity contribution in [2.75, 3.05) is 14.2 Å². The number of nitrogens with zero attached hydrogens (tertiary/aromatic N) is 1. The van der Waals surface area contributed by atoms with E-state index in [0.717, 1.165) is 20.3 Å². The van der Waals surface area contributed by atoms with Crippen LogP contribution in [0.25, 0.3) is 0 Å². The molecule has 1 atom stereocenters. The van der Waals surface area contributed by atoms with Crippen molar-refractivity contribution in [1.29, 1.82) is 0 Å². The maximum Gasteiger partial charge on any atom is 0.219 e. The van der Waals surface area contributed by atoms with E-state index in [9.17, 15) is 0 Å². The summed E-state index contributed by atoms with van der Waals surface area (Å²) in [6.45, 7) is 2.08. The maximum absolute atomic E-state index is 5.85. The quantitative estimate of drug-likeness (QED) is 0.769. The third-order valence-electron chi connectivity index (χ3n) is 3.11. The highest BCUT2D eigenvalue weighted by Gasteiger charge is 2.11. The summed E-state index contributed by atoms with van der Waals surface area (Å²) in [7, 11) is 3.54. The molecule has 0 radical (unpaired) electrons. The minimum Gasteiger partial charge on any atom is -0.496 e. The molecule has 4 nitrogen and oxygen atoms in total. The monoisotopic (exact) mass is 414 g/mol. The van der Waals surface area contributed by atoms with Crippen molar-refractivity contribution in [3.63, 3.8) is 0 Å². The highest BCUT2D eigenvalue weighted by molar-refractivity contribution is 9.11. The summed E-state index contributed by atoms with van der Waals surface area (Å²) in [5.74, 6) is 1.96. The highest BCUT2D eigenvalue weighted by Crippen LogP contribution is 2.37. The fraction of sp³-hybridized carbons (Fsp3) is 0.267. The number of nitrogens with one attached hydrogen (secondary N) is 1. The average molecular weight is 416 g/mol. The largest absolute Gasteiger partial charge is 0.496 e. The summed E-state index contributed by atoms with van der Waals surface area (Å²) in [5, 5.41) is 3.19. The maximum atomic E-state index is 5.85. The number of rotatable bonds is 5. The third-order valence-corrected chi connectivity index (χ3v) is 4.35. The van der Waals surface area contributed by atoms with Crippen LogP contribution < -0.4 is 14.8 Å². The second kappa shape index (κ2) is 7.24. The van der Waals surface area contributed by atoms with Crippen molar-refractivity contribution >= 4 is 31.9 Å². The lowest BCUT2D eigenvalue weighted by Crippen LogP contribution is -2.12. The fourth-order valence-electron chi connectivity index (χ4n) is 1.77. The molecule has 112 valence electrons. The van der Waals surface area contributed by atoms with Crippen LogP contribution in [0.2, 0.25) is 0 Å². The van der Waals surface area contributed by atoms with Crippen LogP contribution in [0.3, 0.4) is 0 Å². The van der Waals surface area contributed by atoms with Crippen LogP contribution in [0.5, 0.6) is 17.4 Å². The Bertz CT molecular complexity index is 635. The molecule has 0 saturated heterocycles. The number of hydrogen-bond acceptors (Lipinski definition) is 4. The fourth-order valence-corrected chi connectivity index (χ4v) is 2.66. The number of halogens is 2. The van der Waals surface area contributed by atoms with Gasteiger partial charge in [-0.15, -0.1) is 0 Å². The Labute approximate surface area is 141 Å². The van der Waals surface area contributed by atoms with Gasteiger partial charge in [0.1, 0.15) is 11.5 Å². The molecule has 0 aliphatic rings. The molecule has 6 heteroatoms. The molecular weight excluding hydrogens is 400 g/mol. The second-order valence-corrected chi connectivity index (χ2v) is 6.17. The van der Waals surface area contributed by atoms with E-state index in [1.165, 1.54) is 0 Å². The molecule has 2 aromatic rings. The lowest BCUT2D eigenvalue weighted by molar-refractivity contribution is 0.408. The van der Waals surface area contributed by atoms with Gasteiger partial charge in [-0.3, -0.25) is 0 Å². The van der Waals surface area contributed by atoms with E-state index in [0.29, 0.717) is 11.6 Å². The molecule has 0 amide bonds. The first-order valence-electron chi connectivity index (χ1n) is 6.39. The number of pyridine rings is 1. The number of benzene rings is 1. The zero-order valence-corrected chi connectivity index (χ0v) is 15.2. The molecule has 2 rings (SSSR count). The molecule has 1 aromatic carbocycles. The van der Waals surface area contributed by atoms with E-state index >= 15 is 0 Å². The zero-order valence-electron chi connectivity index (χ0n) is 12.0. The molecule has 0 aliphatic carbocycles. The smallest absolute Gasteiger partial charge is 0.219 e. The summed E-state index contributed by atoms with van der Waals surface area (Å²) in [6, 6.07) is 7.82. The predicted octanol–water partition coefficient (Wildman–Crippen LogP) is 4.69. The van der Waals surface area contributed by atoms with E-state index in [-0.39, 0.29) is 6.04 Å². The Morgan fingerprint density at radius 2 is 1.81 bits per heavy atom. The van der Waals surface area contributed by atoms with Crippen molar-refractivity contribution in [3.8, 4) is 17.4 Å². The summed E-state index contributed by atoms with van der Waals surface area (Å²) in [4.78, 5) is 4.25. The molecule has 1 aromatic heterocycles. The van der Waals surface area contributed by atoms with Crippen LogP contribution in [-0.4, -0.2) is 19.1 Å². The van der Waals surface area contributed by atoms with Crippen molar-refractivity contribution in [3.05, 3.63) is 45.0 Å². The Hall–Kier alpha value is -1.11. The minimum atomic E-state index is 0.237. The molecule has 1 N–H and O–H groups in total. The molecule has 0 spiro atoms. The topological polar surface area (TPSA) is 43.4 Å². The first-order chi connectivity index (χ1) is 10.0. The highest BCUT2D eigenvalue weighted by atomic mass is 79.9. The van der Waals surface area contributed by atoms with Gasteiger partial charge in [0.2, 0.25) is 5.88 Å². The first kappa shape index (κ1) is 16.3. The van der Waals surface area contributed by atoms with Crippen molar-refractivity contribution in [2.45, 2.75) is 13.0 Å². The van der Waals surface area contributed by atoms with Crippen LogP contribution in [0.15, 0.2) is 39.4 Å². The Morgan fingerprint density at radius 3 is 2.48 bits per heavy atom. The van der Waals surface area contributed by atoms with Gasteiger partial charge in [-0.1, -0.05) is 0 Å². The number of hydrogen-bond donors (Lipinski definition) is 1. The van der Waals surface area contributed by atoms with Crippen molar-refractivity contribution < 1.29 is 9.47 Å². The second-order valence-electron chi connectivity index (χ2n) is 4.46. The molecule has 0 bridgehead atoms. The summed E-state index contributed by atoms with van der Waals surface area (Å²) < 4.78 is 12.7. The van der Waals surface area contributed by atoms with E-state index in [1.54, 1.807) is 13.3 Å². The van der Waals surface area contributed by atoms with E-state index in [4.69, 9.17) is 9.47 Å². The van der Waals surface area contributed by atoms with Gasteiger partial charge in [-0.2, -0.15) is 0 Å². The van der Waals surface area contributed by atoms with E-state index < -0.39 is 0 Å². The standard InChI is InChI=1S/C15H16Br2N2O2/c1-9(18-2)10-4-5-19-15(6-10)21-14-8-11(16)13(20-3)7-12(14)17/h4-9,18H,1-3H3. The van der Waals surface area contributed by atoms with Gasteiger partial charge < -0.3 is 14.8 Å². The zero-order chi connectivity index (χ0) is 15.4. The first-order valence-corrected chi connectivity index (χ1v) is 7.98. The normalized spacial score (nSPS) is 12.0. The molecule has 0 saturated carbocycles. The average Bonchev–Trinajstić information content (AvgIpc) is 2.50. The summed E-state index contributed by atoms with van der Waals surface area (Å²) in [5.41, 5.74) is 1.12. The molecule has 1 heterocycles. The van der Waals surface area contributed by atoms with Gasteiger partial charge in [0.05, 0.1) is 16.1 Å². The number of aromatic nitrogens is 1. The molecule has 21 heavy (non-hydrogen) atoms. The van der Waals surface area contributed by atoms with Gasteiger partial charge in [-0.05, 0) is 69.6 Å². The third kappa shape index (κ3) is 3.96. The van der Waals surface area contributed by atoms with Crippen LogP contribution in [0.1, 0.15) is 18.5 Å². The number of methoxy groups -OCH3 is 1. The van der Waals surface area contributed by atoms with Crippen LogP contribution in [0.4, 0.5) is 0 Å². The van der Waals surface area contributed by atoms with Gasteiger partial charge in [0.15, 0.2) is 0 Å². The van der Waals surface area contributed by atoms with Gasteiger partial charge in [-0.25, -0.2) is 4.98 Å².